The van der Waals surface area contributed by atoms with Crippen molar-refractivity contribution in [3.8, 4) is 17.2 Å². The molecule has 208 valence electrons. The normalized spacial score (nSPS) is 11.4. The van der Waals surface area contributed by atoms with E-state index in [4.69, 9.17) is 24.4 Å². The Bertz CT molecular complexity index is 1340. The highest BCUT2D eigenvalue weighted by Gasteiger charge is 2.11. The molecule has 1 unspecified atom stereocenters. The molecule has 0 aliphatic heterocycles. The Morgan fingerprint density at radius 3 is 2.21 bits per heavy atom. The molecule has 0 radical (unpaired) electrons. The van der Waals surface area contributed by atoms with Gasteiger partial charge in [-0.05, 0) is 36.8 Å². The molecular formula is C29H34N2O8. The average Bonchev–Trinajstić information content (AvgIpc) is 3.31. The second-order valence-corrected chi connectivity index (χ2v) is 8.66. The minimum atomic E-state index is -0.948. The Morgan fingerprint density at radius 1 is 0.846 bits per heavy atom. The number of H-pyrrole nitrogens is 1. The van der Waals surface area contributed by atoms with Crippen LogP contribution in [0.1, 0.15) is 19.3 Å². The van der Waals surface area contributed by atoms with E-state index < -0.39 is 18.0 Å². The van der Waals surface area contributed by atoms with Crippen molar-refractivity contribution in [2.24, 2.45) is 0 Å². The van der Waals surface area contributed by atoms with Crippen LogP contribution in [-0.2, 0) is 9.59 Å². The predicted molar refractivity (Wildman–Crippen MR) is 148 cm³/mol. The molecule has 0 bridgehead atoms. The number of para-hydroxylation sites is 3. The molecule has 0 aliphatic carbocycles. The standard InChI is InChI=1S/C24H26N2O4.C5H8O4/c1-28-21-10-4-5-11-22(21)29-14-13-25-15-17(27)16-30-23-12-6-9-20-24(23)18-7-2-3-8-19(18)26-20;6-4(7)2-1-3-5(8)9/h2-12,17,25-27H,13-16H2,1H3;1-3H2,(H,6,7)(H,8,9). The number of aliphatic hydroxyl groups is 1. The van der Waals surface area contributed by atoms with Crippen LogP contribution in [0.25, 0.3) is 21.8 Å². The molecule has 3 aromatic carbocycles. The van der Waals surface area contributed by atoms with Gasteiger partial charge in [-0.1, -0.05) is 36.4 Å². The number of aromatic nitrogens is 1. The first kappa shape index (κ1) is 29.3. The topological polar surface area (TPSA) is 150 Å². The highest BCUT2D eigenvalue weighted by atomic mass is 16.5. The molecule has 4 rings (SSSR count). The largest absolute Gasteiger partial charge is 0.493 e. The summed E-state index contributed by atoms with van der Waals surface area (Å²) in [5.74, 6) is 0.283. The molecule has 0 saturated carbocycles. The highest BCUT2D eigenvalue weighted by molar-refractivity contribution is 6.10. The third-order valence-corrected chi connectivity index (χ3v) is 5.69. The summed E-state index contributed by atoms with van der Waals surface area (Å²) in [7, 11) is 1.62. The molecule has 1 atom stereocenters. The van der Waals surface area contributed by atoms with E-state index in [1.54, 1.807) is 7.11 Å². The molecule has 10 nitrogen and oxygen atoms in total. The molecule has 1 aromatic heterocycles. The van der Waals surface area contributed by atoms with Gasteiger partial charge in [-0.25, -0.2) is 0 Å². The van der Waals surface area contributed by atoms with E-state index in [9.17, 15) is 14.7 Å². The number of aliphatic carboxylic acids is 2. The molecule has 0 fully saturated rings. The smallest absolute Gasteiger partial charge is 0.303 e. The Balaban J connectivity index is 0.000000403. The number of benzene rings is 3. The number of aromatic amines is 1. The van der Waals surface area contributed by atoms with Crippen LogP contribution in [0, 0.1) is 0 Å². The molecule has 5 N–H and O–H groups in total. The van der Waals surface area contributed by atoms with E-state index >= 15 is 0 Å². The monoisotopic (exact) mass is 538 g/mol. The Labute approximate surface area is 226 Å². The van der Waals surface area contributed by atoms with Crippen molar-refractivity contribution in [1.29, 1.82) is 0 Å². The number of hydrogen-bond acceptors (Lipinski definition) is 7. The summed E-state index contributed by atoms with van der Waals surface area (Å²) in [5.41, 5.74) is 2.09. The summed E-state index contributed by atoms with van der Waals surface area (Å²) in [5, 5.41) is 31.7. The molecule has 4 aromatic rings. The first-order valence-electron chi connectivity index (χ1n) is 12.6. The summed E-state index contributed by atoms with van der Waals surface area (Å²) in [6, 6.07) is 21.6. The van der Waals surface area contributed by atoms with Gasteiger partial charge in [-0.2, -0.15) is 0 Å². The van der Waals surface area contributed by atoms with Gasteiger partial charge in [0.2, 0.25) is 0 Å². The number of carbonyl (C=O) groups is 2. The number of carboxylic acids is 2. The number of fused-ring (bicyclic) bond motifs is 3. The number of aliphatic hydroxyl groups excluding tert-OH is 1. The lowest BCUT2D eigenvalue weighted by Gasteiger charge is -2.15. The van der Waals surface area contributed by atoms with Crippen LogP contribution in [0.2, 0.25) is 0 Å². The third kappa shape index (κ3) is 9.20. The molecule has 0 aliphatic rings. The summed E-state index contributed by atoms with van der Waals surface area (Å²) in [4.78, 5) is 23.0. The van der Waals surface area contributed by atoms with Crippen molar-refractivity contribution in [3.63, 3.8) is 0 Å². The van der Waals surface area contributed by atoms with Crippen LogP contribution < -0.4 is 19.5 Å². The summed E-state index contributed by atoms with van der Waals surface area (Å²) in [6.07, 6.45) is -0.541. The van der Waals surface area contributed by atoms with Crippen LogP contribution in [0.3, 0.4) is 0 Å². The second-order valence-electron chi connectivity index (χ2n) is 8.66. The lowest BCUT2D eigenvalue weighted by atomic mass is 10.1. The van der Waals surface area contributed by atoms with Gasteiger partial charge in [0.05, 0.1) is 12.6 Å². The number of methoxy groups -OCH3 is 1. The number of rotatable bonds is 14. The first-order valence-corrected chi connectivity index (χ1v) is 12.6. The molecule has 39 heavy (non-hydrogen) atoms. The van der Waals surface area contributed by atoms with Crippen molar-refractivity contribution < 1.29 is 39.1 Å². The van der Waals surface area contributed by atoms with E-state index in [-0.39, 0.29) is 25.9 Å². The van der Waals surface area contributed by atoms with Gasteiger partial charge < -0.3 is 39.8 Å². The van der Waals surface area contributed by atoms with Crippen LogP contribution in [0.4, 0.5) is 0 Å². The van der Waals surface area contributed by atoms with E-state index in [0.29, 0.717) is 31.2 Å². The molecular weight excluding hydrogens is 504 g/mol. The fraction of sp³-hybridized carbons (Fsp3) is 0.310. The Kier molecular flexibility index (Phi) is 11.4. The highest BCUT2D eigenvalue weighted by Crippen LogP contribution is 2.33. The van der Waals surface area contributed by atoms with Gasteiger partial charge in [0.15, 0.2) is 11.5 Å². The van der Waals surface area contributed by atoms with Crippen molar-refractivity contribution in [2.75, 3.05) is 33.4 Å². The maximum Gasteiger partial charge on any atom is 0.303 e. The second kappa shape index (κ2) is 15.2. The van der Waals surface area contributed by atoms with Crippen molar-refractivity contribution in [3.05, 3.63) is 66.7 Å². The van der Waals surface area contributed by atoms with Crippen LogP contribution in [-0.4, -0.2) is 71.8 Å². The first-order chi connectivity index (χ1) is 18.9. The molecule has 10 heteroatoms. The molecule has 0 spiro atoms. The summed E-state index contributed by atoms with van der Waals surface area (Å²) < 4.78 is 16.9. The van der Waals surface area contributed by atoms with E-state index in [0.717, 1.165) is 27.6 Å². The van der Waals surface area contributed by atoms with Gasteiger partial charge >= 0.3 is 11.9 Å². The maximum absolute atomic E-state index is 10.3. The summed E-state index contributed by atoms with van der Waals surface area (Å²) in [6.45, 7) is 1.70. The zero-order valence-electron chi connectivity index (χ0n) is 21.8. The van der Waals surface area contributed by atoms with E-state index in [1.807, 2.05) is 60.7 Å². The number of carboxylic acid groups (broad SMARTS) is 2. The maximum atomic E-state index is 10.3. The van der Waals surface area contributed by atoms with Crippen molar-refractivity contribution in [2.45, 2.75) is 25.4 Å². The molecule has 1 heterocycles. The average molecular weight is 539 g/mol. The SMILES string of the molecule is COc1ccccc1OCCNCC(O)COc1cccc2[nH]c3ccccc3c12.O=C(O)CCCC(=O)O. The predicted octanol–water partition coefficient (Wildman–Crippen LogP) is 4.06. The molecule has 0 saturated heterocycles. The fourth-order valence-electron chi connectivity index (χ4n) is 3.86. The van der Waals surface area contributed by atoms with E-state index in [2.05, 4.69) is 16.4 Å². The van der Waals surface area contributed by atoms with Crippen LogP contribution in [0.5, 0.6) is 17.2 Å². The zero-order chi connectivity index (χ0) is 28.0. The Morgan fingerprint density at radius 2 is 1.49 bits per heavy atom. The quantitative estimate of drug-likeness (QED) is 0.150. The fourth-order valence-corrected chi connectivity index (χ4v) is 3.86. The zero-order valence-corrected chi connectivity index (χ0v) is 21.8. The van der Waals surface area contributed by atoms with Gasteiger partial charge in [-0.15, -0.1) is 0 Å². The Hall–Kier alpha value is -4.28. The summed E-state index contributed by atoms with van der Waals surface area (Å²) >= 11 is 0. The lowest BCUT2D eigenvalue weighted by molar-refractivity contribution is -0.138. The minimum Gasteiger partial charge on any atom is -0.493 e. The van der Waals surface area contributed by atoms with Crippen LogP contribution in [0.15, 0.2) is 66.7 Å². The third-order valence-electron chi connectivity index (χ3n) is 5.69. The van der Waals surface area contributed by atoms with Crippen LogP contribution >= 0.6 is 0 Å². The van der Waals surface area contributed by atoms with Gasteiger partial charge in [0.1, 0.15) is 25.1 Å². The van der Waals surface area contributed by atoms with Gasteiger partial charge in [-0.3, -0.25) is 9.59 Å². The van der Waals surface area contributed by atoms with E-state index in [1.165, 1.54) is 0 Å². The number of ether oxygens (including phenoxy) is 3. The van der Waals surface area contributed by atoms with Gasteiger partial charge in [0.25, 0.3) is 0 Å². The number of hydrogen-bond donors (Lipinski definition) is 5. The molecule has 0 amide bonds. The minimum absolute atomic E-state index is 0.0632. The van der Waals surface area contributed by atoms with Crippen molar-refractivity contribution in [1.82, 2.24) is 10.3 Å². The van der Waals surface area contributed by atoms with Gasteiger partial charge in [0, 0.05) is 42.2 Å². The number of nitrogens with one attached hydrogen (secondary N) is 2. The van der Waals surface area contributed by atoms with Crippen molar-refractivity contribution >= 4 is 33.7 Å². The lowest BCUT2D eigenvalue weighted by Crippen LogP contribution is -2.33.